The number of rotatable bonds is 10. The first-order valence-electron chi connectivity index (χ1n) is 6.85. The predicted octanol–water partition coefficient (Wildman–Crippen LogP) is 2.17. The minimum atomic E-state index is -0.930. The molecule has 0 amide bonds. The topological polar surface area (TPSA) is 67.8 Å². The molecule has 0 saturated carbocycles. The first-order chi connectivity index (χ1) is 9.67. The fraction of sp³-hybridized carbons (Fsp3) is 0.533. The van der Waals surface area contributed by atoms with Crippen molar-refractivity contribution < 1.29 is 19.4 Å². The van der Waals surface area contributed by atoms with E-state index in [0.29, 0.717) is 25.0 Å². The molecular formula is C15H23NO4. The van der Waals surface area contributed by atoms with Gasteiger partial charge in [0.05, 0.1) is 12.2 Å². The largest absolute Gasteiger partial charge is 0.492 e. The van der Waals surface area contributed by atoms with Crippen LogP contribution in [0.15, 0.2) is 24.3 Å². The molecule has 0 aromatic heterocycles. The highest BCUT2D eigenvalue weighted by atomic mass is 16.5. The van der Waals surface area contributed by atoms with Crippen LogP contribution < -0.4 is 10.1 Å². The normalized spacial score (nSPS) is 12.1. The molecule has 1 rings (SSSR count). The molecule has 0 spiro atoms. The predicted molar refractivity (Wildman–Crippen MR) is 77.5 cm³/mol. The maximum absolute atomic E-state index is 10.7. The van der Waals surface area contributed by atoms with Crippen LogP contribution in [0.4, 0.5) is 0 Å². The number of benzene rings is 1. The Kier molecular flexibility index (Phi) is 7.69. The molecule has 1 unspecified atom stereocenters. The Morgan fingerprint density at radius 1 is 1.35 bits per heavy atom. The molecular weight excluding hydrogens is 258 g/mol. The molecule has 0 bridgehead atoms. The van der Waals surface area contributed by atoms with Crippen LogP contribution >= 0.6 is 0 Å². The molecule has 0 fully saturated rings. The van der Waals surface area contributed by atoms with Crippen LogP contribution in [0.2, 0.25) is 0 Å². The summed E-state index contributed by atoms with van der Waals surface area (Å²) in [7, 11) is 1.70. The summed E-state index contributed by atoms with van der Waals surface area (Å²) in [5, 5.41) is 12.2. The minimum Gasteiger partial charge on any atom is -0.492 e. The van der Waals surface area contributed by atoms with Gasteiger partial charge in [-0.25, -0.2) is 4.79 Å². The Bertz CT molecular complexity index is 385. The zero-order chi connectivity index (χ0) is 14.8. The maximum Gasteiger partial charge on any atom is 0.335 e. The van der Waals surface area contributed by atoms with E-state index in [1.165, 1.54) is 12.1 Å². The Labute approximate surface area is 119 Å². The minimum absolute atomic E-state index is 0.263. The number of carbonyl (C=O) groups is 1. The molecule has 1 atom stereocenters. The number of nitrogens with one attached hydrogen (secondary N) is 1. The van der Waals surface area contributed by atoms with Crippen molar-refractivity contribution in [2.45, 2.75) is 25.8 Å². The summed E-state index contributed by atoms with van der Waals surface area (Å²) in [4.78, 5) is 10.7. The quantitative estimate of drug-likeness (QED) is 0.643. The van der Waals surface area contributed by atoms with Gasteiger partial charge in [0.2, 0.25) is 0 Å². The Balaban J connectivity index is 2.27. The number of carboxylic acids is 1. The summed E-state index contributed by atoms with van der Waals surface area (Å²) in [6.45, 7) is 4.11. The molecule has 0 radical (unpaired) electrons. The molecule has 0 heterocycles. The van der Waals surface area contributed by atoms with Gasteiger partial charge in [0.1, 0.15) is 12.4 Å². The van der Waals surface area contributed by atoms with Crippen molar-refractivity contribution in [3.05, 3.63) is 29.8 Å². The van der Waals surface area contributed by atoms with Crippen molar-refractivity contribution in [1.29, 1.82) is 0 Å². The summed E-state index contributed by atoms with van der Waals surface area (Å²) < 4.78 is 10.7. The molecule has 1 aromatic carbocycles. The molecule has 0 aliphatic heterocycles. The Morgan fingerprint density at radius 3 is 2.60 bits per heavy atom. The monoisotopic (exact) mass is 281 g/mol. The van der Waals surface area contributed by atoms with Crippen molar-refractivity contribution in [2.24, 2.45) is 0 Å². The zero-order valence-corrected chi connectivity index (χ0v) is 12.1. The molecule has 20 heavy (non-hydrogen) atoms. The van der Waals surface area contributed by atoms with Gasteiger partial charge in [-0.1, -0.05) is 13.3 Å². The van der Waals surface area contributed by atoms with Crippen LogP contribution in [0.1, 0.15) is 30.1 Å². The number of carboxylic acid groups (broad SMARTS) is 1. The van der Waals surface area contributed by atoms with Gasteiger partial charge in [-0.2, -0.15) is 0 Å². The van der Waals surface area contributed by atoms with E-state index in [9.17, 15) is 4.79 Å². The fourth-order valence-electron chi connectivity index (χ4n) is 1.92. The van der Waals surface area contributed by atoms with Crippen molar-refractivity contribution in [1.82, 2.24) is 5.32 Å². The van der Waals surface area contributed by atoms with Crippen molar-refractivity contribution in [2.75, 3.05) is 26.9 Å². The van der Waals surface area contributed by atoms with Gasteiger partial charge in [0.25, 0.3) is 0 Å². The van der Waals surface area contributed by atoms with Crippen molar-refractivity contribution >= 4 is 5.97 Å². The molecule has 0 aliphatic rings. The third-order valence-corrected chi connectivity index (χ3v) is 2.91. The Morgan fingerprint density at radius 2 is 2.05 bits per heavy atom. The lowest BCUT2D eigenvalue weighted by Crippen LogP contribution is -2.35. The van der Waals surface area contributed by atoms with Crippen LogP contribution in [0.3, 0.4) is 0 Å². The number of methoxy groups -OCH3 is 1. The molecule has 5 nitrogen and oxygen atoms in total. The van der Waals surface area contributed by atoms with E-state index >= 15 is 0 Å². The van der Waals surface area contributed by atoms with Gasteiger partial charge < -0.3 is 19.9 Å². The molecule has 112 valence electrons. The average Bonchev–Trinajstić information content (AvgIpc) is 2.44. The first kappa shape index (κ1) is 16.5. The molecule has 1 aromatic rings. The maximum atomic E-state index is 10.7. The second-order valence-corrected chi connectivity index (χ2v) is 4.57. The van der Waals surface area contributed by atoms with Gasteiger partial charge >= 0.3 is 5.97 Å². The van der Waals surface area contributed by atoms with Gasteiger partial charge in [0.15, 0.2) is 0 Å². The molecule has 0 aliphatic carbocycles. The number of hydrogen-bond acceptors (Lipinski definition) is 4. The molecule has 5 heteroatoms. The van der Waals surface area contributed by atoms with E-state index in [4.69, 9.17) is 14.6 Å². The molecule has 2 N–H and O–H groups in total. The standard InChI is InChI=1S/C15H23NO4/c1-3-4-13(11-19-2)16-9-10-20-14-7-5-12(6-8-14)15(17)18/h5-8,13,16H,3-4,9-11H2,1-2H3,(H,17,18). The number of ether oxygens (including phenoxy) is 2. The smallest absolute Gasteiger partial charge is 0.335 e. The third-order valence-electron chi connectivity index (χ3n) is 2.91. The van der Waals surface area contributed by atoms with Crippen LogP contribution in [0, 0.1) is 0 Å². The Hall–Kier alpha value is -1.59. The summed E-state index contributed by atoms with van der Waals surface area (Å²) in [5.74, 6) is -0.254. The molecule has 0 saturated heterocycles. The van der Waals surface area contributed by atoms with Crippen LogP contribution in [-0.4, -0.2) is 44.0 Å². The summed E-state index contributed by atoms with van der Waals surface area (Å²) in [5.41, 5.74) is 0.263. The highest BCUT2D eigenvalue weighted by molar-refractivity contribution is 5.87. The van der Waals surface area contributed by atoms with E-state index < -0.39 is 5.97 Å². The van der Waals surface area contributed by atoms with Crippen LogP contribution in [0.5, 0.6) is 5.75 Å². The lowest BCUT2D eigenvalue weighted by Gasteiger charge is -2.17. The summed E-state index contributed by atoms with van der Waals surface area (Å²) in [6, 6.07) is 6.76. The van der Waals surface area contributed by atoms with E-state index in [1.54, 1.807) is 19.2 Å². The number of hydrogen-bond donors (Lipinski definition) is 2. The van der Waals surface area contributed by atoms with E-state index in [2.05, 4.69) is 12.2 Å². The van der Waals surface area contributed by atoms with Crippen LogP contribution in [0.25, 0.3) is 0 Å². The highest BCUT2D eigenvalue weighted by Gasteiger charge is 2.06. The fourth-order valence-corrected chi connectivity index (χ4v) is 1.92. The second kappa shape index (κ2) is 9.34. The lowest BCUT2D eigenvalue weighted by molar-refractivity contribution is 0.0697. The van der Waals surface area contributed by atoms with Crippen molar-refractivity contribution in [3.63, 3.8) is 0 Å². The average molecular weight is 281 g/mol. The summed E-state index contributed by atoms with van der Waals surface area (Å²) in [6.07, 6.45) is 2.18. The van der Waals surface area contributed by atoms with Gasteiger partial charge in [0, 0.05) is 19.7 Å². The first-order valence-corrected chi connectivity index (χ1v) is 6.85. The lowest BCUT2D eigenvalue weighted by atomic mass is 10.2. The van der Waals surface area contributed by atoms with Gasteiger partial charge in [-0.05, 0) is 30.7 Å². The number of aromatic carboxylic acids is 1. The SMILES string of the molecule is CCCC(COC)NCCOc1ccc(C(=O)O)cc1. The van der Waals surface area contributed by atoms with E-state index in [0.717, 1.165) is 19.4 Å². The van der Waals surface area contributed by atoms with Gasteiger partial charge in [-0.15, -0.1) is 0 Å². The highest BCUT2D eigenvalue weighted by Crippen LogP contribution is 2.11. The van der Waals surface area contributed by atoms with Crippen LogP contribution in [-0.2, 0) is 4.74 Å². The van der Waals surface area contributed by atoms with E-state index in [-0.39, 0.29) is 5.56 Å². The van der Waals surface area contributed by atoms with Gasteiger partial charge in [-0.3, -0.25) is 0 Å². The summed E-state index contributed by atoms with van der Waals surface area (Å²) >= 11 is 0. The second-order valence-electron chi connectivity index (χ2n) is 4.57. The third kappa shape index (κ3) is 6.04. The van der Waals surface area contributed by atoms with E-state index in [1.807, 2.05) is 0 Å². The van der Waals surface area contributed by atoms with Crippen molar-refractivity contribution in [3.8, 4) is 5.75 Å². The zero-order valence-electron chi connectivity index (χ0n) is 12.1.